The first-order chi connectivity index (χ1) is 11.0. The van der Waals surface area contributed by atoms with Crippen molar-refractivity contribution in [3.8, 4) is 0 Å². The van der Waals surface area contributed by atoms with Crippen molar-refractivity contribution in [2.24, 2.45) is 5.41 Å². The summed E-state index contributed by atoms with van der Waals surface area (Å²) in [6.45, 7) is 1.91. The van der Waals surface area contributed by atoms with Crippen LogP contribution >= 0.6 is 11.6 Å². The topological polar surface area (TPSA) is 58.2 Å². The van der Waals surface area contributed by atoms with Crippen LogP contribution in [0.15, 0.2) is 18.2 Å². The lowest BCUT2D eigenvalue weighted by Crippen LogP contribution is -2.45. The molecule has 0 saturated heterocycles. The van der Waals surface area contributed by atoms with Gasteiger partial charge in [0.1, 0.15) is 5.41 Å². The standard InChI is InChI=1S/C18H23ClN2O2/c1-12-7-8-14(11-15(12)19)21-17(23)18(9-10-18)16(22)20-13-5-3-2-4-6-13/h7-8,11,13H,2-6,9-10H2,1H3,(H,20,22)(H,21,23). The van der Waals surface area contributed by atoms with Gasteiger partial charge in [0, 0.05) is 16.8 Å². The van der Waals surface area contributed by atoms with Gasteiger partial charge in [-0.25, -0.2) is 0 Å². The Bertz CT molecular complexity index is 619. The molecule has 3 rings (SSSR count). The molecule has 2 amide bonds. The Morgan fingerprint density at radius 2 is 1.83 bits per heavy atom. The number of rotatable bonds is 4. The molecule has 0 aromatic heterocycles. The van der Waals surface area contributed by atoms with E-state index in [0.717, 1.165) is 31.2 Å². The summed E-state index contributed by atoms with van der Waals surface area (Å²) in [7, 11) is 0. The summed E-state index contributed by atoms with van der Waals surface area (Å²) in [5.41, 5.74) is 0.720. The monoisotopic (exact) mass is 334 g/mol. The Kier molecular flexibility index (Phi) is 4.62. The van der Waals surface area contributed by atoms with Crippen molar-refractivity contribution in [2.75, 3.05) is 5.32 Å². The maximum atomic E-state index is 12.6. The molecule has 0 unspecified atom stereocenters. The molecule has 0 aliphatic heterocycles. The first kappa shape index (κ1) is 16.3. The zero-order chi connectivity index (χ0) is 16.4. The van der Waals surface area contributed by atoms with Crippen LogP contribution in [0, 0.1) is 12.3 Å². The number of amides is 2. The molecule has 2 aliphatic carbocycles. The van der Waals surface area contributed by atoms with Crippen molar-refractivity contribution >= 4 is 29.1 Å². The molecule has 2 fully saturated rings. The summed E-state index contributed by atoms with van der Waals surface area (Å²) in [5, 5.41) is 6.54. The van der Waals surface area contributed by atoms with Gasteiger partial charge < -0.3 is 10.6 Å². The third-order valence-corrected chi connectivity index (χ3v) is 5.40. The van der Waals surface area contributed by atoms with Gasteiger partial charge in [-0.2, -0.15) is 0 Å². The van der Waals surface area contributed by atoms with E-state index in [-0.39, 0.29) is 17.9 Å². The molecule has 1 aromatic rings. The van der Waals surface area contributed by atoms with Crippen LogP contribution in [-0.4, -0.2) is 17.9 Å². The van der Waals surface area contributed by atoms with E-state index in [1.165, 1.54) is 6.42 Å². The average Bonchev–Trinajstić information content (AvgIpc) is 3.34. The first-order valence-electron chi connectivity index (χ1n) is 8.40. The Balaban J connectivity index is 1.63. The van der Waals surface area contributed by atoms with Gasteiger partial charge in [0.2, 0.25) is 11.8 Å². The van der Waals surface area contributed by atoms with Gasteiger partial charge >= 0.3 is 0 Å². The predicted octanol–water partition coefficient (Wildman–Crippen LogP) is 3.82. The second-order valence-electron chi connectivity index (χ2n) is 6.81. The van der Waals surface area contributed by atoms with Crippen LogP contribution in [0.5, 0.6) is 0 Å². The van der Waals surface area contributed by atoms with Gasteiger partial charge in [0.15, 0.2) is 0 Å². The molecule has 0 bridgehead atoms. The van der Waals surface area contributed by atoms with Crippen molar-refractivity contribution in [3.63, 3.8) is 0 Å². The highest BCUT2D eigenvalue weighted by Crippen LogP contribution is 2.47. The molecule has 0 spiro atoms. The van der Waals surface area contributed by atoms with Crippen LogP contribution in [0.3, 0.4) is 0 Å². The molecule has 0 atom stereocenters. The molecule has 0 radical (unpaired) electrons. The van der Waals surface area contributed by atoms with Crippen LogP contribution < -0.4 is 10.6 Å². The number of aryl methyl sites for hydroxylation is 1. The molecule has 4 nitrogen and oxygen atoms in total. The molecular weight excluding hydrogens is 312 g/mol. The number of carbonyl (C=O) groups is 2. The van der Waals surface area contributed by atoms with Crippen molar-refractivity contribution in [1.29, 1.82) is 0 Å². The maximum Gasteiger partial charge on any atom is 0.240 e. The predicted molar refractivity (Wildman–Crippen MR) is 91.5 cm³/mol. The molecule has 2 saturated carbocycles. The fraction of sp³-hybridized carbons (Fsp3) is 0.556. The van der Waals surface area contributed by atoms with Crippen molar-refractivity contribution in [3.05, 3.63) is 28.8 Å². The highest BCUT2D eigenvalue weighted by Gasteiger charge is 2.56. The van der Waals surface area contributed by atoms with Gasteiger partial charge in [0.05, 0.1) is 0 Å². The number of halogens is 1. The summed E-state index contributed by atoms with van der Waals surface area (Å²) in [6, 6.07) is 5.63. The largest absolute Gasteiger partial charge is 0.352 e. The van der Waals surface area contributed by atoms with E-state index in [4.69, 9.17) is 11.6 Å². The summed E-state index contributed by atoms with van der Waals surface area (Å²) in [5.74, 6) is -0.328. The molecular formula is C18H23ClN2O2. The summed E-state index contributed by atoms with van der Waals surface area (Å²) in [6.07, 6.45) is 6.85. The number of hydrogen-bond donors (Lipinski definition) is 2. The van der Waals surface area contributed by atoms with E-state index in [9.17, 15) is 9.59 Å². The summed E-state index contributed by atoms with van der Waals surface area (Å²) >= 11 is 6.09. The van der Waals surface area contributed by atoms with Gasteiger partial charge in [-0.3, -0.25) is 9.59 Å². The molecule has 2 N–H and O–H groups in total. The SMILES string of the molecule is Cc1ccc(NC(=O)C2(C(=O)NC3CCCCC3)CC2)cc1Cl. The normalized spacial score (nSPS) is 19.9. The van der Waals surface area contributed by atoms with E-state index in [1.807, 2.05) is 19.1 Å². The second kappa shape index (κ2) is 6.52. The quantitative estimate of drug-likeness (QED) is 0.822. The van der Waals surface area contributed by atoms with E-state index in [2.05, 4.69) is 10.6 Å². The lowest BCUT2D eigenvalue weighted by Gasteiger charge is -2.25. The number of anilines is 1. The van der Waals surface area contributed by atoms with Gasteiger partial charge in [-0.1, -0.05) is 36.9 Å². The molecule has 1 aromatic carbocycles. The third kappa shape index (κ3) is 3.52. The molecule has 2 aliphatic rings. The summed E-state index contributed by atoms with van der Waals surface area (Å²) in [4.78, 5) is 25.1. The van der Waals surface area contributed by atoms with Crippen LogP contribution in [0.2, 0.25) is 5.02 Å². The number of carbonyl (C=O) groups excluding carboxylic acids is 2. The molecule has 5 heteroatoms. The third-order valence-electron chi connectivity index (χ3n) is 4.99. The Labute approximate surface area is 142 Å². The molecule has 0 heterocycles. The maximum absolute atomic E-state index is 12.6. The minimum Gasteiger partial charge on any atom is -0.352 e. The van der Waals surface area contributed by atoms with E-state index >= 15 is 0 Å². The number of nitrogens with one attached hydrogen (secondary N) is 2. The average molecular weight is 335 g/mol. The Morgan fingerprint density at radius 1 is 1.13 bits per heavy atom. The minimum absolute atomic E-state index is 0.111. The fourth-order valence-corrected chi connectivity index (χ4v) is 3.35. The lowest BCUT2D eigenvalue weighted by molar-refractivity contribution is -0.135. The van der Waals surface area contributed by atoms with Crippen LogP contribution in [0.4, 0.5) is 5.69 Å². The zero-order valence-electron chi connectivity index (χ0n) is 13.5. The van der Waals surface area contributed by atoms with Gasteiger partial charge in [-0.15, -0.1) is 0 Å². The van der Waals surface area contributed by atoms with Gasteiger partial charge in [0.25, 0.3) is 0 Å². The Hall–Kier alpha value is -1.55. The first-order valence-corrected chi connectivity index (χ1v) is 8.78. The number of hydrogen-bond acceptors (Lipinski definition) is 2. The molecule has 23 heavy (non-hydrogen) atoms. The fourth-order valence-electron chi connectivity index (χ4n) is 3.17. The smallest absolute Gasteiger partial charge is 0.240 e. The second-order valence-corrected chi connectivity index (χ2v) is 7.22. The lowest BCUT2D eigenvalue weighted by atomic mass is 9.94. The van der Waals surface area contributed by atoms with Crippen molar-refractivity contribution in [2.45, 2.75) is 57.9 Å². The number of benzene rings is 1. The van der Waals surface area contributed by atoms with Crippen LogP contribution in [0.1, 0.15) is 50.5 Å². The summed E-state index contributed by atoms with van der Waals surface area (Å²) < 4.78 is 0. The van der Waals surface area contributed by atoms with Gasteiger partial charge in [-0.05, 0) is 50.3 Å². The van der Waals surface area contributed by atoms with Crippen LogP contribution in [0.25, 0.3) is 0 Å². The molecule has 124 valence electrons. The zero-order valence-corrected chi connectivity index (χ0v) is 14.2. The van der Waals surface area contributed by atoms with E-state index < -0.39 is 5.41 Å². The van der Waals surface area contributed by atoms with Crippen LogP contribution in [-0.2, 0) is 9.59 Å². The van der Waals surface area contributed by atoms with E-state index in [0.29, 0.717) is 23.6 Å². The van der Waals surface area contributed by atoms with Crippen molar-refractivity contribution < 1.29 is 9.59 Å². The minimum atomic E-state index is -0.880. The van der Waals surface area contributed by atoms with Crippen molar-refractivity contribution in [1.82, 2.24) is 5.32 Å². The highest BCUT2D eigenvalue weighted by atomic mass is 35.5. The van der Waals surface area contributed by atoms with E-state index in [1.54, 1.807) is 6.07 Å². The highest BCUT2D eigenvalue weighted by molar-refractivity contribution is 6.31. The Morgan fingerprint density at radius 3 is 2.43 bits per heavy atom.